The number of hydrogen-bond donors (Lipinski definition) is 1. The fourth-order valence-electron chi connectivity index (χ4n) is 2.14. The number of aromatic carboxylic acids is 1. The SMILES string of the molecule is CCn1cc(C(=O)O)c(=O)c2cc(C)c(C)c(F)c21. The van der Waals surface area contributed by atoms with Crippen molar-refractivity contribution in [3.8, 4) is 0 Å². The summed E-state index contributed by atoms with van der Waals surface area (Å²) in [5.74, 6) is -1.77. The van der Waals surface area contributed by atoms with Crippen molar-refractivity contribution < 1.29 is 14.3 Å². The molecule has 1 N–H and O–H groups in total. The fraction of sp³-hybridized carbons (Fsp3) is 0.286. The van der Waals surface area contributed by atoms with Crippen molar-refractivity contribution in [1.29, 1.82) is 0 Å². The van der Waals surface area contributed by atoms with Crippen LogP contribution in [-0.4, -0.2) is 15.6 Å². The van der Waals surface area contributed by atoms with E-state index in [1.165, 1.54) is 10.8 Å². The van der Waals surface area contributed by atoms with Crippen molar-refractivity contribution in [2.75, 3.05) is 0 Å². The molecule has 0 aliphatic rings. The van der Waals surface area contributed by atoms with Gasteiger partial charge in [0.1, 0.15) is 5.56 Å². The lowest BCUT2D eigenvalue weighted by molar-refractivity contribution is 0.0695. The number of pyridine rings is 1. The molecule has 0 fully saturated rings. The molecule has 100 valence electrons. The van der Waals surface area contributed by atoms with E-state index in [-0.39, 0.29) is 16.5 Å². The highest BCUT2D eigenvalue weighted by Crippen LogP contribution is 2.22. The molecule has 0 aliphatic carbocycles. The quantitative estimate of drug-likeness (QED) is 0.905. The average Bonchev–Trinajstić information content (AvgIpc) is 2.37. The summed E-state index contributed by atoms with van der Waals surface area (Å²) in [6.45, 7) is 5.49. The zero-order valence-electron chi connectivity index (χ0n) is 11.0. The molecule has 0 radical (unpaired) electrons. The first-order valence-electron chi connectivity index (χ1n) is 5.94. The van der Waals surface area contributed by atoms with Crippen molar-refractivity contribution in [1.82, 2.24) is 4.57 Å². The van der Waals surface area contributed by atoms with E-state index in [1.807, 2.05) is 0 Å². The van der Waals surface area contributed by atoms with E-state index in [4.69, 9.17) is 5.11 Å². The lowest BCUT2D eigenvalue weighted by Gasteiger charge is -2.13. The molecule has 0 unspecified atom stereocenters. The van der Waals surface area contributed by atoms with Gasteiger partial charge in [-0.05, 0) is 38.0 Å². The molecule has 0 aliphatic heterocycles. The molecule has 4 nitrogen and oxygen atoms in total. The smallest absolute Gasteiger partial charge is 0.341 e. The second-order valence-corrected chi connectivity index (χ2v) is 4.49. The minimum atomic E-state index is -1.30. The summed E-state index contributed by atoms with van der Waals surface area (Å²) in [6.07, 6.45) is 1.20. The third-order valence-corrected chi connectivity index (χ3v) is 3.38. The topological polar surface area (TPSA) is 59.3 Å². The van der Waals surface area contributed by atoms with E-state index >= 15 is 0 Å². The summed E-state index contributed by atoms with van der Waals surface area (Å²) in [4.78, 5) is 23.2. The van der Waals surface area contributed by atoms with E-state index in [1.54, 1.807) is 26.8 Å². The molecular formula is C14H14FNO3. The Morgan fingerprint density at radius 2 is 2.05 bits per heavy atom. The van der Waals surface area contributed by atoms with Gasteiger partial charge in [-0.1, -0.05) is 0 Å². The molecular weight excluding hydrogens is 249 g/mol. The van der Waals surface area contributed by atoms with Crippen LogP contribution < -0.4 is 5.43 Å². The number of hydrogen-bond acceptors (Lipinski definition) is 2. The Bertz CT molecular complexity index is 747. The van der Waals surface area contributed by atoms with Crippen LogP contribution >= 0.6 is 0 Å². The van der Waals surface area contributed by atoms with E-state index in [0.29, 0.717) is 17.7 Å². The number of carboxylic acid groups (broad SMARTS) is 1. The Morgan fingerprint density at radius 3 is 2.58 bits per heavy atom. The fourth-order valence-corrected chi connectivity index (χ4v) is 2.14. The van der Waals surface area contributed by atoms with Gasteiger partial charge in [0.15, 0.2) is 5.82 Å². The summed E-state index contributed by atoms with van der Waals surface area (Å²) in [7, 11) is 0. The Labute approximate surface area is 109 Å². The number of nitrogens with zero attached hydrogens (tertiary/aromatic N) is 1. The molecule has 0 bridgehead atoms. The van der Waals surface area contributed by atoms with Crippen LogP contribution in [0.4, 0.5) is 4.39 Å². The van der Waals surface area contributed by atoms with Gasteiger partial charge >= 0.3 is 5.97 Å². The molecule has 0 saturated heterocycles. The van der Waals surface area contributed by atoms with Crippen LogP contribution in [0.3, 0.4) is 0 Å². The second-order valence-electron chi connectivity index (χ2n) is 4.49. The molecule has 0 amide bonds. The zero-order valence-corrected chi connectivity index (χ0v) is 11.0. The van der Waals surface area contributed by atoms with Crippen molar-refractivity contribution in [3.63, 3.8) is 0 Å². The number of aryl methyl sites for hydroxylation is 2. The second kappa shape index (κ2) is 4.50. The molecule has 0 atom stereocenters. The van der Waals surface area contributed by atoms with Crippen LogP contribution in [0.15, 0.2) is 17.1 Å². The van der Waals surface area contributed by atoms with Gasteiger partial charge in [-0.3, -0.25) is 4.79 Å². The predicted octanol–water partition coefficient (Wildman–Crippen LogP) is 2.48. The van der Waals surface area contributed by atoms with E-state index < -0.39 is 17.2 Å². The van der Waals surface area contributed by atoms with Gasteiger partial charge < -0.3 is 9.67 Å². The van der Waals surface area contributed by atoms with E-state index in [2.05, 4.69) is 0 Å². The molecule has 5 heteroatoms. The highest BCUT2D eigenvalue weighted by Gasteiger charge is 2.18. The lowest BCUT2D eigenvalue weighted by Crippen LogP contribution is -2.20. The van der Waals surface area contributed by atoms with Crippen LogP contribution in [0.5, 0.6) is 0 Å². The number of fused-ring (bicyclic) bond motifs is 1. The monoisotopic (exact) mass is 263 g/mol. The van der Waals surface area contributed by atoms with Crippen LogP contribution in [0.2, 0.25) is 0 Å². The Morgan fingerprint density at radius 1 is 1.42 bits per heavy atom. The van der Waals surface area contributed by atoms with Crippen molar-refractivity contribution in [2.45, 2.75) is 27.3 Å². The van der Waals surface area contributed by atoms with Crippen LogP contribution in [0.1, 0.15) is 28.4 Å². The van der Waals surface area contributed by atoms with Gasteiger partial charge in [-0.25, -0.2) is 9.18 Å². The molecule has 2 aromatic rings. The van der Waals surface area contributed by atoms with E-state index in [0.717, 1.165) is 0 Å². The molecule has 0 saturated carbocycles. The van der Waals surface area contributed by atoms with Gasteiger partial charge in [0.05, 0.1) is 5.52 Å². The summed E-state index contributed by atoms with van der Waals surface area (Å²) in [6, 6.07) is 1.55. The first-order chi connectivity index (χ1) is 8.88. The van der Waals surface area contributed by atoms with Crippen LogP contribution in [0.25, 0.3) is 10.9 Å². The molecule has 19 heavy (non-hydrogen) atoms. The minimum absolute atomic E-state index is 0.113. The standard InChI is InChI=1S/C14H14FNO3/c1-4-16-6-10(14(18)19)13(17)9-5-7(2)8(3)11(15)12(9)16/h5-6H,4H2,1-3H3,(H,18,19). The summed E-state index contributed by atoms with van der Waals surface area (Å²) in [5, 5.41) is 9.14. The average molecular weight is 263 g/mol. The van der Waals surface area contributed by atoms with E-state index in [9.17, 15) is 14.0 Å². The number of aromatic nitrogens is 1. The Balaban J connectivity index is 3.08. The molecule has 2 rings (SSSR count). The largest absolute Gasteiger partial charge is 0.477 e. The zero-order chi connectivity index (χ0) is 14.3. The van der Waals surface area contributed by atoms with Crippen LogP contribution in [-0.2, 0) is 6.54 Å². The number of rotatable bonds is 2. The number of carbonyl (C=O) groups is 1. The first-order valence-corrected chi connectivity index (χ1v) is 5.94. The normalized spacial score (nSPS) is 10.9. The predicted molar refractivity (Wildman–Crippen MR) is 70.3 cm³/mol. The molecule has 1 heterocycles. The highest BCUT2D eigenvalue weighted by atomic mass is 19.1. The van der Waals surface area contributed by atoms with Gasteiger partial charge in [-0.15, -0.1) is 0 Å². The number of carboxylic acids is 1. The maximum atomic E-state index is 14.3. The third-order valence-electron chi connectivity index (χ3n) is 3.38. The van der Waals surface area contributed by atoms with Crippen molar-refractivity contribution in [3.05, 3.63) is 45.0 Å². The van der Waals surface area contributed by atoms with Crippen molar-refractivity contribution >= 4 is 16.9 Å². The molecule has 1 aromatic heterocycles. The van der Waals surface area contributed by atoms with Gasteiger partial charge in [0, 0.05) is 18.1 Å². The summed E-state index contributed by atoms with van der Waals surface area (Å²) in [5.41, 5.74) is 0.288. The maximum Gasteiger partial charge on any atom is 0.341 e. The van der Waals surface area contributed by atoms with Crippen LogP contribution in [0, 0.1) is 19.7 Å². The number of halogens is 1. The molecule has 0 spiro atoms. The first kappa shape index (κ1) is 13.3. The number of benzene rings is 1. The third kappa shape index (κ3) is 1.91. The van der Waals surface area contributed by atoms with Gasteiger partial charge in [0.25, 0.3) is 0 Å². The van der Waals surface area contributed by atoms with Gasteiger partial charge in [-0.2, -0.15) is 0 Å². The maximum absolute atomic E-state index is 14.3. The Hall–Kier alpha value is -2.17. The molecule has 1 aromatic carbocycles. The summed E-state index contributed by atoms with van der Waals surface area (Å²) >= 11 is 0. The lowest BCUT2D eigenvalue weighted by atomic mass is 10.0. The van der Waals surface area contributed by atoms with Gasteiger partial charge in [0.2, 0.25) is 5.43 Å². The Kier molecular flexibility index (Phi) is 3.14. The van der Waals surface area contributed by atoms with Crippen molar-refractivity contribution in [2.24, 2.45) is 0 Å². The summed E-state index contributed by atoms with van der Waals surface area (Å²) < 4.78 is 15.8. The minimum Gasteiger partial charge on any atom is -0.477 e. The highest BCUT2D eigenvalue weighted by molar-refractivity contribution is 5.93.